The third-order valence-corrected chi connectivity index (χ3v) is 4.12. The van der Waals surface area contributed by atoms with Crippen LogP contribution in [0, 0.1) is 6.92 Å². The average Bonchev–Trinajstić information content (AvgIpc) is 3.22. The second kappa shape index (κ2) is 9.56. The van der Waals surface area contributed by atoms with Crippen molar-refractivity contribution >= 4 is 40.9 Å². The van der Waals surface area contributed by atoms with Gasteiger partial charge in [0.15, 0.2) is 11.8 Å². The Morgan fingerprint density at radius 2 is 2.04 bits per heavy atom. The number of hydrogen-bond acceptors (Lipinski definition) is 4. The third-order valence-electron chi connectivity index (χ3n) is 4.12. The zero-order chi connectivity index (χ0) is 17.6. The quantitative estimate of drug-likeness (QED) is 0.330. The van der Waals surface area contributed by atoms with Gasteiger partial charge < -0.3 is 19.6 Å². The third kappa shape index (κ3) is 4.54. The number of aryl methyl sites for hydroxylation is 2. The molecule has 0 fully saturated rings. The summed E-state index contributed by atoms with van der Waals surface area (Å²) in [6, 6.07) is 8.08. The van der Waals surface area contributed by atoms with E-state index in [1.54, 1.807) is 6.33 Å². The minimum absolute atomic E-state index is 0. The average molecular weight is 468 g/mol. The van der Waals surface area contributed by atoms with Crippen LogP contribution < -0.4 is 10.6 Å². The SMILES string of the molecule is CCNC(=NCc1nncn1CC)NCc1oc2ccccc2c1C.I. The van der Waals surface area contributed by atoms with E-state index in [1.807, 2.05) is 29.7 Å². The summed E-state index contributed by atoms with van der Waals surface area (Å²) in [6.07, 6.45) is 1.73. The number of hydrogen-bond donors (Lipinski definition) is 2. The number of halogens is 1. The zero-order valence-corrected chi connectivity index (χ0v) is 17.7. The number of nitrogens with zero attached hydrogens (tertiary/aromatic N) is 4. The fourth-order valence-corrected chi connectivity index (χ4v) is 2.71. The van der Waals surface area contributed by atoms with Gasteiger partial charge in [0.2, 0.25) is 0 Å². The summed E-state index contributed by atoms with van der Waals surface area (Å²) in [7, 11) is 0. The lowest BCUT2D eigenvalue weighted by molar-refractivity contribution is 0.534. The largest absolute Gasteiger partial charge is 0.459 e. The number of guanidine groups is 1. The molecule has 0 spiro atoms. The van der Waals surface area contributed by atoms with Gasteiger partial charge in [-0.3, -0.25) is 0 Å². The molecule has 0 aliphatic rings. The molecule has 7 nitrogen and oxygen atoms in total. The first-order chi connectivity index (χ1) is 12.2. The first-order valence-corrected chi connectivity index (χ1v) is 8.58. The first kappa shape index (κ1) is 20.2. The lowest BCUT2D eigenvalue weighted by Gasteiger charge is -2.10. The van der Waals surface area contributed by atoms with Crippen molar-refractivity contribution in [3.05, 3.63) is 47.7 Å². The van der Waals surface area contributed by atoms with Gasteiger partial charge in [-0.2, -0.15) is 0 Å². The molecule has 26 heavy (non-hydrogen) atoms. The Morgan fingerprint density at radius 1 is 1.23 bits per heavy atom. The fraction of sp³-hybridized carbons (Fsp3) is 0.389. The predicted octanol–water partition coefficient (Wildman–Crippen LogP) is 3.23. The Bertz CT molecular complexity index is 870. The molecule has 0 aliphatic heterocycles. The number of para-hydroxylation sites is 1. The number of fused-ring (bicyclic) bond motifs is 1. The summed E-state index contributed by atoms with van der Waals surface area (Å²) in [4.78, 5) is 4.59. The van der Waals surface area contributed by atoms with Crippen LogP contribution in [0.15, 0.2) is 40.0 Å². The van der Waals surface area contributed by atoms with Crippen LogP contribution in [0.5, 0.6) is 0 Å². The van der Waals surface area contributed by atoms with Gasteiger partial charge >= 0.3 is 0 Å². The fourth-order valence-electron chi connectivity index (χ4n) is 2.71. The van der Waals surface area contributed by atoms with Gasteiger partial charge in [0, 0.05) is 24.0 Å². The maximum absolute atomic E-state index is 5.94. The molecule has 0 aliphatic carbocycles. The molecule has 0 bridgehead atoms. The number of aliphatic imine (C=N–C) groups is 1. The highest BCUT2D eigenvalue weighted by molar-refractivity contribution is 14.0. The van der Waals surface area contributed by atoms with Gasteiger partial charge in [-0.05, 0) is 26.8 Å². The highest BCUT2D eigenvalue weighted by atomic mass is 127. The predicted molar refractivity (Wildman–Crippen MR) is 114 cm³/mol. The molecule has 0 saturated heterocycles. The van der Waals surface area contributed by atoms with Crippen molar-refractivity contribution in [3.63, 3.8) is 0 Å². The van der Waals surface area contributed by atoms with E-state index in [0.29, 0.717) is 13.1 Å². The summed E-state index contributed by atoms with van der Waals surface area (Å²) >= 11 is 0. The van der Waals surface area contributed by atoms with E-state index in [4.69, 9.17) is 4.42 Å². The van der Waals surface area contributed by atoms with E-state index in [1.165, 1.54) is 0 Å². The summed E-state index contributed by atoms with van der Waals surface area (Å²) in [6.45, 7) is 8.85. The van der Waals surface area contributed by atoms with Crippen LogP contribution in [0.3, 0.4) is 0 Å². The minimum Gasteiger partial charge on any atom is -0.459 e. The monoisotopic (exact) mass is 468 g/mol. The van der Waals surface area contributed by atoms with Gasteiger partial charge in [0.1, 0.15) is 24.2 Å². The van der Waals surface area contributed by atoms with Crippen molar-refractivity contribution in [2.75, 3.05) is 6.54 Å². The second-order valence-corrected chi connectivity index (χ2v) is 5.73. The molecule has 0 amide bonds. The Balaban J connectivity index is 0.00000243. The molecular weight excluding hydrogens is 443 g/mol. The van der Waals surface area contributed by atoms with Crippen molar-refractivity contribution in [2.45, 2.75) is 40.4 Å². The highest BCUT2D eigenvalue weighted by Crippen LogP contribution is 2.24. The lowest BCUT2D eigenvalue weighted by Crippen LogP contribution is -2.36. The maximum Gasteiger partial charge on any atom is 0.192 e. The molecular formula is C18H25IN6O. The first-order valence-electron chi connectivity index (χ1n) is 8.58. The van der Waals surface area contributed by atoms with Crippen molar-refractivity contribution in [2.24, 2.45) is 4.99 Å². The number of furan rings is 1. The molecule has 2 N–H and O–H groups in total. The maximum atomic E-state index is 5.94. The topological polar surface area (TPSA) is 80.3 Å². The molecule has 8 heteroatoms. The van der Waals surface area contributed by atoms with Crippen LogP contribution in [-0.2, 0) is 19.6 Å². The summed E-state index contributed by atoms with van der Waals surface area (Å²) < 4.78 is 7.93. The van der Waals surface area contributed by atoms with Gasteiger partial charge in [0.25, 0.3) is 0 Å². The molecule has 3 aromatic rings. The van der Waals surface area contributed by atoms with E-state index >= 15 is 0 Å². The van der Waals surface area contributed by atoms with Crippen LogP contribution in [0.25, 0.3) is 11.0 Å². The van der Waals surface area contributed by atoms with Gasteiger partial charge in [-0.1, -0.05) is 18.2 Å². The van der Waals surface area contributed by atoms with Crippen LogP contribution in [-0.4, -0.2) is 27.3 Å². The molecule has 2 aromatic heterocycles. The standard InChI is InChI=1S/C18H24N6O.HI/c1-4-19-18(21-11-17-23-22-12-24(17)5-2)20-10-16-13(3)14-8-6-7-9-15(14)25-16;/h6-9,12H,4-5,10-11H2,1-3H3,(H2,19,20,21);1H. The van der Waals surface area contributed by atoms with Crippen LogP contribution in [0.2, 0.25) is 0 Å². The van der Waals surface area contributed by atoms with Crippen molar-refractivity contribution in [1.82, 2.24) is 25.4 Å². The Kier molecular flexibility index (Phi) is 7.43. The van der Waals surface area contributed by atoms with Gasteiger partial charge in [-0.25, -0.2) is 4.99 Å². The van der Waals surface area contributed by atoms with Crippen molar-refractivity contribution in [3.8, 4) is 0 Å². The van der Waals surface area contributed by atoms with Gasteiger partial charge in [-0.15, -0.1) is 34.2 Å². The van der Waals surface area contributed by atoms with Crippen LogP contribution in [0.4, 0.5) is 0 Å². The molecule has 0 unspecified atom stereocenters. The van der Waals surface area contributed by atoms with E-state index in [2.05, 4.69) is 45.7 Å². The Hall–Kier alpha value is -2.10. The second-order valence-electron chi connectivity index (χ2n) is 5.73. The summed E-state index contributed by atoms with van der Waals surface area (Å²) in [5, 5.41) is 15.8. The molecule has 3 rings (SSSR count). The van der Waals surface area contributed by atoms with Crippen molar-refractivity contribution in [1.29, 1.82) is 0 Å². The Labute approximate surface area is 170 Å². The number of benzene rings is 1. The molecule has 0 atom stereocenters. The van der Waals surface area contributed by atoms with Gasteiger partial charge in [0.05, 0.1) is 6.54 Å². The molecule has 140 valence electrons. The molecule has 2 heterocycles. The zero-order valence-electron chi connectivity index (χ0n) is 15.3. The smallest absolute Gasteiger partial charge is 0.192 e. The van der Waals surface area contributed by atoms with E-state index in [9.17, 15) is 0 Å². The summed E-state index contributed by atoms with van der Waals surface area (Å²) in [5.74, 6) is 2.50. The molecule has 0 saturated carbocycles. The molecule has 0 radical (unpaired) electrons. The minimum atomic E-state index is 0. The van der Waals surface area contributed by atoms with E-state index in [-0.39, 0.29) is 24.0 Å². The number of nitrogens with one attached hydrogen (secondary N) is 2. The highest BCUT2D eigenvalue weighted by Gasteiger charge is 2.10. The van der Waals surface area contributed by atoms with E-state index < -0.39 is 0 Å². The molecule has 1 aromatic carbocycles. The van der Waals surface area contributed by atoms with Crippen LogP contribution >= 0.6 is 24.0 Å². The Morgan fingerprint density at radius 3 is 2.77 bits per heavy atom. The lowest BCUT2D eigenvalue weighted by atomic mass is 10.1. The van der Waals surface area contributed by atoms with Crippen molar-refractivity contribution < 1.29 is 4.42 Å². The normalized spacial score (nSPS) is 11.4. The number of rotatable bonds is 6. The van der Waals surface area contributed by atoms with Crippen LogP contribution in [0.1, 0.15) is 31.0 Å². The van der Waals surface area contributed by atoms with E-state index in [0.717, 1.165) is 47.2 Å². The summed E-state index contributed by atoms with van der Waals surface area (Å²) in [5.41, 5.74) is 2.07. The number of aromatic nitrogens is 3.